The third-order valence-corrected chi connectivity index (χ3v) is 15.0. The quantitative estimate of drug-likeness (QED) is 0.0272. The Kier molecular flexibility index (Phi) is 50.6. The van der Waals surface area contributed by atoms with Crippen LogP contribution in [0, 0.1) is 0 Å². The second kappa shape index (κ2) is 51.2. The van der Waals surface area contributed by atoms with E-state index in [1.165, 1.54) is 244 Å². The van der Waals surface area contributed by atoms with E-state index in [0.29, 0.717) is 23.9 Å². The molecule has 0 aromatic carbocycles. The van der Waals surface area contributed by atoms with Gasteiger partial charge in [0.1, 0.15) is 13.2 Å². The van der Waals surface area contributed by atoms with Crippen molar-refractivity contribution in [3.8, 4) is 0 Å². The summed E-state index contributed by atoms with van der Waals surface area (Å²) in [7, 11) is 1.32. The number of aliphatic hydroxyl groups is 1. The van der Waals surface area contributed by atoms with E-state index in [0.717, 1.165) is 38.5 Å². The van der Waals surface area contributed by atoms with Gasteiger partial charge < -0.3 is 28.8 Å². The molecule has 0 rings (SSSR count). The van der Waals surface area contributed by atoms with Crippen LogP contribution in [0.3, 0.4) is 0 Å². The third kappa shape index (κ3) is 53.0. The molecule has 0 heterocycles. The molecule has 0 aliphatic heterocycles. The summed E-state index contributed by atoms with van der Waals surface area (Å²) in [6.07, 6.45) is 62.8. The lowest BCUT2D eigenvalue weighted by Gasteiger charge is -2.30. The molecular weight excluding hydrogens is 864 g/mol. The van der Waals surface area contributed by atoms with Crippen LogP contribution in [0.25, 0.3) is 0 Å². The standard InChI is InChI=1S/C59H119N2O6P/c1-6-8-10-12-14-16-18-19-20-21-22-23-24-25-26-27-28-29-30-31-32-33-34-35-36-37-38-39-40-41-43-45-47-49-51-53-59(63)60-57(56-67-68(64,65)66-55-54-61(3,4)5)58(62)52-50-48-46-44-42-17-15-13-11-9-7-2/h27-28,57-58,62H,6-26,29-56H2,1-5H3,(H-,60,63,64,65)/b28-27-. The number of rotatable bonds is 56. The molecule has 0 aliphatic carbocycles. The van der Waals surface area contributed by atoms with Crippen LogP contribution in [0.15, 0.2) is 12.2 Å². The van der Waals surface area contributed by atoms with Crippen LogP contribution in [0.1, 0.15) is 309 Å². The maximum absolute atomic E-state index is 12.9. The van der Waals surface area contributed by atoms with Gasteiger partial charge in [0.25, 0.3) is 7.82 Å². The topological polar surface area (TPSA) is 108 Å². The number of hydrogen-bond donors (Lipinski definition) is 2. The van der Waals surface area contributed by atoms with Crippen molar-refractivity contribution >= 4 is 13.7 Å². The Morgan fingerprint density at radius 1 is 0.500 bits per heavy atom. The van der Waals surface area contributed by atoms with Crippen molar-refractivity contribution in [2.45, 2.75) is 321 Å². The van der Waals surface area contributed by atoms with Crippen molar-refractivity contribution in [2.75, 3.05) is 40.9 Å². The Balaban J connectivity index is 3.87. The average molecular weight is 984 g/mol. The SMILES string of the molecule is CCCCCCCCCCCCCCCC/C=C\CCCCCCCCCCCCCCCCCCCC(=O)NC(COP(=O)([O-])OCC[N+](C)(C)C)C(O)CCCCCCCCCCCCC. The first kappa shape index (κ1) is 67.2. The summed E-state index contributed by atoms with van der Waals surface area (Å²) in [5.74, 6) is -0.160. The Morgan fingerprint density at radius 3 is 1.15 bits per heavy atom. The first-order chi connectivity index (χ1) is 33.0. The van der Waals surface area contributed by atoms with E-state index in [2.05, 4.69) is 31.3 Å². The van der Waals surface area contributed by atoms with Crippen LogP contribution >= 0.6 is 7.82 Å². The van der Waals surface area contributed by atoms with Crippen LogP contribution in [-0.4, -0.2) is 68.5 Å². The summed E-state index contributed by atoms with van der Waals surface area (Å²) in [5, 5.41) is 13.9. The number of carbonyl (C=O) groups is 1. The number of hydrogen-bond acceptors (Lipinski definition) is 6. The summed E-state index contributed by atoms with van der Waals surface area (Å²) in [6, 6.07) is -0.795. The van der Waals surface area contributed by atoms with Gasteiger partial charge in [-0.25, -0.2) is 0 Å². The van der Waals surface area contributed by atoms with Crippen molar-refractivity contribution in [2.24, 2.45) is 0 Å². The van der Waals surface area contributed by atoms with Gasteiger partial charge in [-0.3, -0.25) is 9.36 Å². The maximum Gasteiger partial charge on any atom is 0.268 e. The molecule has 0 aromatic heterocycles. The molecule has 0 bridgehead atoms. The van der Waals surface area contributed by atoms with Crippen molar-refractivity contribution in [1.29, 1.82) is 0 Å². The van der Waals surface area contributed by atoms with Crippen LogP contribution < -0.4 is 10.2 Å². The Hall–Kier alpha value is -0.760. The number of amides is 1. The first-order valence-corrected chi connectivity index (χ1v) is 31.5. The second-order valence-corrected chi connectivity index (χ2v) is 23.5. The highest BCUT2D eigenvalue weighted by atomic mass is 31.2. The molecule has 0 spiro atoms. The molecule has 0 aliphatic rings. The molecule has 1 amide bonds. The number of unbranched alkanes of at least 4 members (excludes halogenated alkanes) is 41. The van der Waals surface area contributed by atoms with Gasteiger partial charge in [-0.1, -0.05) is 276 Å². The summed E-state index contributed by atoms with van der Waals surface area (Å²) in [6.45, 7) is 4.75. The zero-order chi connectivity index (χ0) is 49.9. The predicted molar refractivity (Wildman–Crippen MR) is 293 cm³/mol. The van der Waals surface area contributed by atoms with Crippen molar-refractivity contribution < 1.29 is 32.9 Å². The fourth-order valence-corrected chi connectivity index (χ4v) is 10.00. The van der Waals surface area contributed by atoms with Gasteiger partial charge in [0.2, 0.25) is 5.91 Å². The molecule has 9 heteroatoms. The number of quaternary nitrogens is 1. The van der Waals surface area contributed by atoms with Gasteiger partial charge in [-0.2, -0.15) is 0 Å². The lowest BCUT2D eigenvalue weighted by Crippen LogP contribution is -2.46. The van der Waals surface area contributed by atoms with Crippen LogP contribution in [-0.2, 0) is 18.4 Å². The zero-order valence-corrected chi connectivity index (χ0v) is 47.2. The number of nitrogens with one attached hydrogen (secondary N) is 1. The number of nitrogens with zero attached hydrogens (tertiary/aromatic N) is 1. The van der Waals surface area contributed by atoms with Gasteiger partial charge in [0.15, 0.2) is 0 Å². The largest absolute Gasteiger partial charge is 0.756 e. The number of allylic oxidation sites excluding steroid dienone is 2. The molecule has 2 N–H and O–H groups in total. The molecule has 8 nitrogen and oxygen atoms in total. The minimum absolute atomic E-state index is 0.0150. The number of phosphoric ester groups is 1. The highest BCUT2D eigenvalue weighted by Gasteiger charge is 2.24. The van der Waals surface area contributed by atoms with E-state index < -0.39 is 20.0 Å². The van der Waals surface area contributed by atoms with Crippen molar-refractivity contribution in [3.05, 3.63) is 12.2 Å². The Morgan fingerprint density at radius 2 is 0.809 bits per heavy atom. The van der Waals surface area contributed by atoms with Gasteiger partial charge in [0.05, 0.1) is 39.9 Å². The second-order valence-electron chi connectivity index (χ2n) is 22.1. The highest BCUT2D eigenvalue weighted by molar-refractivity contribution is 7.45. The molecule has 3 unspecified atom stereocenters. The van der Waals surface area contributed by atoms with E-state index >= 15 is 0 Å². The number of phosphoric acid groups is 1. The lowest BCUT2D eigenvalue weighted by molar-refractivity contribution is -0.870. The average Bonchev–Trinajstić information content (AvgIpc) is 3.30. The molecule has 0 aromatic rings. The minimum atomic E-state index is -4.56. The number of likely N-dealkylation sites (N-methyl/N-ethyl adjacent to an activating group) is 1. The summed E-state index contributed by atoms with van der Waals surface area (Å²) >= 11 is 0. The predicted octanol–water partition coefficient (Wildman–Crippen LogP) is 17.6. The lowest BCUT2D eigenvalue weighted by atomic mass is 10.0. The Labute approximate surface area is 424 Å². The molecule has 0 radical (unpaired) electrons. The molecule has 406 valence electrons. The summed E-state index contributed by atoms with van der Waals surface area (Å²) in [4.78, 5) is 25.4. The molecule has 3 atom stereocenters. The van der Waals surface area contributed by atoms with Crippen LogP contribution in [0.4, 0.5) is 0 Å². The normalized spacial score (nSPS) is 13.9. The van der Waals surface area contributed by atoms with E-state index in [-0.39, 0.29) is 19.1 Å². The number of aliphatic hydroxyl groups excluding tert-OH is 1. The zero-order valence-electron chi connectivity index (χ0n) is 46.3. The fraction of sp³-hybridized carbons (Fsp3) is 0.949. The van der Waals surface area contributed by atoms with Crippen LogP contribution in [0.5, 0.6) is 0 Å². The molecule has 0 fully saturated rings. The van der Waals surface area contributed by atoms with Gasteiger partial charge >= 0.3 is 0 Å². The fourth-order valence-electron chi connectivity index (χ4n) is 9.27. The Bertz CT molecular complexity index is 1120. The summed E-state index contributed by atoms with van der Waals surface area (Å²) in [5.41, 5.74) is 0. The molecule has 0 saturated heterocycles. The minimum Gasteiger partial charge on any atom is -0.756 e. The molecule has 68 heavy (non-hydrogen) atoms. The molecular formula is C59H119N2O6P. The van der Waals surface area contributed by atoms with E-state index in [1.54, 1.807) is 0 Å². The number of carbonyl (C=O) groups excluding carboxylic acids is 1. The molecule has 0 saturated carbocycles. The highest BCUT2D eigenvalue weighted by Crippen LogP contribution is 2.38. The maximum atomic E-state index is 12.9. The monoisotopic (exact) mass is 983 g/mol. The van der Waals surface area contributed by atoms with Gasteiger partial charge in [-0.15, -0.1) is 0 Å². The third-order valence-electron chi connectivity index (χ3n) is 14.0. The van der Waals surface area contributed by atoms with Gasteiger partial charge in [0, 0.05) is 6.42 Å². The first-order valence-electron chi connectivity index (χ1n) is 30.0. The van der Waals surface area contributed by atoms with Crippen molar-refractivity contribution in [1.82, 2.24) is 5.32 Å². The van der Waals surface area contributed by atoms with Crippen LogP contribution in [0.2, 0.25) is 0 Å². The van der Waals surface area contributed by atoms with E-state index in [1.807, 2.05) is 21.1 Å². The van der Waals surface area contributed by atoms with Crippen molar-refractivity contribution in [3.63, 3.8) is 0 Å². The van der Waals surface area contributed by atoms with E-state index in [9.17, 15) is 19.4 Å². The van der Waals surface area contributed by atoms with Gasteiger partial charge in [-0.05, 0) is 38.5 Å². The summed E-state index contributed by atoms with van der Waals surface area (Å²) < 4.78 is 23.3. The van der Waals surface area contributed by atoms with E-state index in [4.69, 9.17) is 9.05 Å². The smallest absolute Gasteiger partial charge is 0.268 e.